The fraction of sp³-hybridized carbons (Fsp3) is 0.650. The van der Waals surface area contributed by atoms with E-state index in [1.54, 1.807) is 0 Å². The van der Waals surface area contributed by atoms with E-state index in [4.69, 9.17) is 4.74 Å². The first-order chi connectivity index (χ1) is 11.7. The number of ether oxygens (including phenoxy) is 1. The van der Waals surface area contributed by atoms with Gasteiger partial charge in [0.2, 0.25) is 0 Å². The summed E-state index contributed by atoms with van der Waals surface area (Å²) < 4.78 is 6.43. The third kappa shape index (κ3) is 3.75. The van der Waals surface area contributed by atoms with Crippen LogP contribution in [0.4, 0.5) is 0 Å². The molecule has 4 nitrogen and oxygen atoms in total. The average Bonchev–Trinajstić information content (AvgIpc) is 3.07. The molecule has 2 unspecified atom stereocenters. The molecule has 132 valence electrons. The number of benzene rings is 1. The van der Waals surface area contributed by atoms with Crippen molar-refractivity contribution in [3.05, 3.63) is 23.9 Å². The molecule has 2 atom stereocenters. The molecule has 3 rings (SSSR count). The van der Waals surface area contributed by atoms with Crippen LogP contribution >= 0.6 is 0 Å². The van der Waals surface area contributed by atoms with Gasteiger partial charge in [-0.1, -0.05) is 13.8 Å². The Bertz CT molecular complexity index is 645. The Kier molecular flexibility index (Phi) is 5.77. The van der Waals surface area contributed by atoms with Crippen LogP contribution in [0.3, 0.4) is 0 Å². The van der Waals surface area contributed by atoms with Gasteiger partial charge >= 0.3 is 0 Å². The molecule has 1 fully saturated rings. The molecule has 1 aromatic heterocycles. The first kappa shape index (κ1) is 17.3. The van der Waals surface area contributed by atoms with Crippen molar-refractivity contribution in [3.63, 3.8) is 0 Å². The second-order valence-corrected chi connectivity index (χ2v) is 7.12. The van der Waals surface area contributed by atoms with E-state index in [1.165, 1.54) is 56.1 Å². The molecular formula is C20H31N3O. The van der Waals surface area contributed by atoms with E-state index < -0.39 is 0 Å². The van der Waals surface area contributed by atoms with Crippen LogP contribution < -0.4 is 4.74 Å². The highest BCUT2D eigenvalue weighted by molar-refractivity contribution is 5.83. The molecule has 0 amide bonds. The Hall–Kier alpha value is -1.55. The van der Waals surface area contributed by atoms with Crippen molar-refractivity contribution in [1.82, 2.24) is 15.1 Å². The van der Waals surface area contributed by atoms with Crippen molar-refractivity contribution in [3.8, 4) is 5.75 Å². The predicted octanol–water partition coefficient (Wildman–Crippen LogP) is 4.68. The number of aromatic nitrogens is 2. The lowest BCUT2D eigenvalue weighted by molar-refractivity contribution is 0.0757. The van der Waals surface area contributed by atoms with Crippen molar-refractivity contribution in [2.45, 2.75) is 71.4 Å². The summed E-state index contributed by atoms with van der Waals surface area (Å²) in [6, 6.07) is 4.85. The van der Waals surface area contributed by atoms with E-state index in [2.05, 4.69) is 48.0 Å². The molecule has 0 radical (unpaired) electrons. The zero-order valence-corrected chi connectivity index (χ0v) is 15.3. The minimum atomic E-state index is 0.336. The fourth-order valence-corrected chi connectivity index (χ4v) is 4.06. The first-order valence-electron chi connectivity index (χ1n) is 9.56. The van der Waals surface area contributed by atoms with Crippen molar-refractivity contribution in [2.24, 2.45) is 0 Å². The Labute approximate surface area is 145 Å². The number of hydrogen-bond acceptors (Lipinski definition) is 3. The van der Waals surface area contributed by atoms with Crippen LogP contribution in [0, 0.1) is 6.92 Å². The Morgan fingerprint density at radius 1 is 1.21 bits per heavy atom. The molecule has 0 spiro atoms. The summed E-state index contributed by atoms with van der Waals surface area (Å²) >= 11 is 0. The molecule has 1 heterocycles. The lowest BCUT2D eigenvalue weighted by Crippen LogP contribution is -2.42. The molecule has 1 saturated carbocycles. The van der Waals surface area contributed by atoms with E-state index in [0.717, 1.165) is 17.7 Å². The standard InChI is InChI=1S/C20H31N3O/c1-4-11-23(12-5-2)16-7-6-8-17(13-16)24-20-10-9-19-18(15(20)3)14-21-22-19/h9-10,14,16-17H,4-8,11-13H2,1-3H3,(H,21,22). The van der Waals surface area contributed by atoms with Gasteiger partial charge in [0.1, 0.15) is 11.9 Å². The lowest BCUT2D eigenvalue weighted by Gasteiger charge is -2.37. The van der Waals surface area contributed by atoms with Gasteiger partial charge in [-0.3, -0.25) is 5.10 Å². The molecule has 0 aliphatic heterocycles. The lowest BCUT2D eigenvalue weighted by atomic mass is 9.91. The summed E-state index contributed by atoms with van der Waals surface area (Å²) in [5.74, 6) is 1.02. The monoisotopic (exact) mass is 329 g/mol. The van der Waals surface area contributed by atoms with Crippen molar-refractivity contribution < 1.29 is 4.74 Å². The summed E-state index contributed by atoms with van der Waals surface area (Å²) in [4.78, 5) is 2.68. The van der Waals surface area contributed by atoms with Gasteiger partial charge in [-0.25, -0.2) is 0 Å². The van der Waals surface area contributed by atoms with Gasteiger partial charge in [-0.05, 0) is 70.7 Å². The second kappa shape index (κ2) is 8.02. The zero-order chi connectivity index (χ0) is 16.9. The quantitative estimate of drug-likeness (QED) is 0.801. The number of H-pyrrole nitrogens is 1. The molecule has 24 heavy (non-hydrogen) atoms. The number of aromatic amines is 1. The molecular weight excluding hydrogens is 298 g/mol. The van der Waals surface area contributed by atoms with Gasteiger partial charge < -0.3 is 9.64 Å². The summed E-state index contributed by atoms with van der Waals surface area (Å²) in [5, 5.41) is 8.33. The van der Waals surface area contributed by atoms with Gasteiger partial charge in [0, 0.05) is 17.0 Å². The van der Waals surface area contributed by atoms with Gasteiger partial charge in [0.05, 0.1) is 11.7 Å². The highest BCUT2D eigenvalue weighted by Gasteiger charge is 2.27. The van der Waals surface area contributed by atoms with Gasteiger partial charge in [-0.15, -0.1) is 0 Å². The Morgan fingerprint density at radius 2 is 2.00 bits per heavy atom. The Morgan fingerprint density at radius 3 is 2.75 bits per heavy atom. The molecule has 2 aromatic rings. The van der Waals surface area contributed by atoms with Crippen LogP contribution in [-0.2, 0) is 0 Å². The summed E-state index contributed by atoms with van der Waals surface area (Å²) in [7, 11) is 0. The van der Waals surface area contributed by atoms with Crippen molar-refractivity contribution in [2.75, 3.05) is 13.1 Å². The predicted molar refractivity (Wildman–Crippen MR) is 99.7 cm³/mol. The van der Waals surface area contributed by atoms with E-state index >= 15 is 0 Å². The number of rotatable bonds is 7. The third-order valence-electron chi connectivity index (χ3n) is 5.27. The molecule has 1 N–H and O–H groups in total. The van der Waals surface area contributed by atoms with E-state index in [9.17, 15) is 0 Å². The maximum atomic E-state index is 6.43. The minimum Gasteiger partial charge on any atom is -0.490 e. The molecule has 1 aromatic carbocycles. The average molecular weight is 329 g/mol. The van der Waals surface area contributed by atoms with Crippen LogP contribution in [0.2, 0.25) is 0 Å². The summed E-state index contributed by atoms with van der Waals surface area (Å²) in [6.07, 6.45) is 9.62. The van der Waals surface area contributed by atoms with Gasteiger partial charge in [0.25, 0.3) is 0 Å². The molecule has 1 aliphatic carbocycles. The third-order valence-corrected chi connectivity index (χ3v) is 5.27. The zero-order valence-electron chi connectivity index (χ0n) is 15.3. The first-order valence-corrected chi connectivity index (χ1v) is 9.56. The SMILES string of the molecule is CCCN(CCC)C1CCCC(Oc2ccc3[nH]ncc3c2C)C1. The van der Waals surface area contributed by atoms with Crippen LogP contribution in [0.1, 0.15) is 57.9 Å². The molecule has 1 aliphatic rings. The van der Waals surface area contributed by atoms with Crippen LogP contribution in [0.15, 0.2) is 18.3 Å². The highest BCUT2D eigenvalue weighted by Crippen LogP contribution is 2.31. The summed E-state index contributed by atoms with van der Waals surface area (Å²) in [5.41, 5.74) is 2.28. The van der Waals surface area contributed by atoms with Gasteiger partial charge in [0.15, 0.2) is 0 Å². The van der Waals surface area contributed by atoms with E-state index in [1.807, 2.05) is 6.20 Å². The van der Waals surface area contributed by atoms with Crippen LogP contribution in [0.5, 0.6) is 5.75 Å². The fourth-order valence-electron chi connectivity index (χ4n) is 4.06. The topological polar surface area (TPSA) is 41.1 Å². The van der Waals surface area contributed by atoms with Crippen LogP contribution in [0.25, 0.3) is 10.9 Å². The molecule has 4 heteroatoms. The van der Waals surface area contributed by atoms with Gasteiger partial charge in [-0.2, -0.15) is 5.10 Å². The summed E-state index contributed by atoms with van der Waals surface area (Å²) in [6.45, 7) is 9.12. The van der Waals surface area contributed by atoms with Crippen molar-refractivity contribution >= 4 is 10.9 Å². The van der Waals surface area contributed by atoms with Crippen LogP contribution in [-0.4, -0.2) is 40.3 Å². The highest BCUT2D eigenvalue weighted by atomic mass is 16.5. The molecule has 0 bridgehead atoms. The van der Waals surface area contributed by atoms with E-state index in [0.29, 0.717) is 12.1 Å². The number of fused-ring (bicyclic) bond motifs is 1. The minimum absolute atomic E-state index is 0.336. The smallest absolute Gasteiger partial charge is 0.123 e. The second-order valence-electron chi connectivity index (χ2n) is 7.12. The number of nitrogens with zero attached hydrogens (tertiary/aromatic N) is 2. The largest absolute Gasteiger partial charge is 0.490 e. The number of hydrogen-bond donors (Lipinski definition) is 1. The number of aryl methyl sites for hydroxylation is 1. The van der Waals surface area contributed by atoms with E-state index in [-0.39, 0.29) is 0 Å². The maximum absolute atomic E-state index is 6.43. The van der Waals surface area contributed by atoms with Crippen molar-refractivity contribution in [1.29, 1.82) is 0 Å². The number of nitrogens with one attached hydrogen (secondary N) is 1. The maximum Gasteiger partial charge on any atom is 0.123 e. The normalized spacial score (nSPS) is 21.5. The molecule has 0 saturated heterocycles. The Balaban J connectivity index is 1.68.